The van der Waals surface area contributed by atoms with E-state index in [4.69, 9.17) is 11.1 Å². The molecule has 1 aromatic rings. The predicted octanol–water partition coefficient (Wildman–Crippen LogP) is 1.27. The molecule has 0 aromatic heterocycles. The van der Waals surface area contributed by atoms with E-state index < -0.39 is 0 Å². The molecule has 0 radical (unpaired) electrons. The van der Waals surface area contributed by atoms with Crippen LogP contribution in [0, 0.1) is 5.41 Å². The highest BCUT2D eigenvalue weighted by Gasteiger charge is 2.28. The molecule has 0 bridgehead atoms. The van der Waals surface area contributed by atoms with Gasteiger partial charge in [-0.1, -0.05) is 30.3 Å². The number of carbonyl (C=O) groups excluding carboxylic acids is 1. The molecule has 0 spiro atoms. The van der Waals surface area contributed by atoms with Crippen LogP contribution in [-0.2, 0) is 0 Å². The lowest BCUT2D eigenvalue weighted by molar-refractivity contribution is 0.0936. The Kier molecular flexibility index (Phi) is 3.54. The summed E-state index contributed by atoms with van der Waals surface area (Å²) in [6, 6.07) is 9.20. The van der Waals surface area contributed by atoms with Crippen molar-refractivity contribution in [1.29, 1.82) is 5.41 Å². The zero-order valence-electron chi connectivity index (χ0n) is 9.73. The summed E-state index contributed by atoms with van der Waals surface area (Å²) in [5.41, 5.74) is 6.26. The van der Waals surface area contributed by atoms with Crippen LogP contribution < -0.4 is 5.73 Å². The average Bonchev–Trinajstić information content (AvgIpc) is 2.78. The number of likely N-dealkylation sites (tertiary alicyclic amines) is 1. The Morgan fingerprint density at radius 1 is 1.41 bits per heavy atom. The molecule has 3 N–H and O–H groups in total. The van der Waals surface area contributed by atoms with E-state index >= 15 is 0 Å². The van der Waals surface area contributed by atoms with Gasteiger partial charge in [-0.2, -0.15) is 0 Å². The third kappa shape index (κ3) is 2.71. The van der Waals surface area contributed by atoms with Crippen LogP contribution in [0.15, 0.2) is 30.3 Å². The van der Waals surface area contributed by atoms with Crippen LogP contribution in [0.4, 0.5) is 0 Å². The minimum Gasteiger partial charge on any atom is -0.386 e. The molecule has 2 rings (SSSR count). The van der Waals surface area contributed by atoms with E-state index in [-0.39, 0.29) is 17.7 Å². The Bertz CT molecular complexity index is 416. The average molecular weight is 231 g/mol. The second-order valence-electron chi connectivity index (χ2n) is 4.37. The molecule has 1 saturated heterocycles. The van der Waals surface area contributed by atoms with Gasteiger partial charge < -0.3 is 5.73 Å². The summed E-state index contributed by atoms with van der Waals surface area (Å²) >= 11 is 0. The van der Waals surface area contributed by atoms with Crippen LogP contribution in [0.3, 0.4) is 0 Å². The van der Waals surface area contributed by atoms with Crippen molar-refractivity contribution in [3.63, 3.8) is 0 Å². The minimum absolute atomic E-state index is 0.0531. The summed E-state index contributed by atoms with van der Waals surface area (Å²) < 4.78 is 0. The van der Waals surface area contributed by atoms with Crippen LogP contribution in [0.1, 0.15) is 23.2 Å². The number of benzene rings is 1. The zero-order valence-corrected chi connectivity index (χ0v) is 9.73. The fraction of sp³-hybridized carbons (Fsp3) is 0.385. The largest absolute Gasteiger partial charge is 0.386 e. The fourth-order valence-corrected chi connectivity index (χ4v) is 2.27. The molecule has 1 aliphatic heterocycles. The first-order valence-corrected chi connectivity index (χ1v) is 5.84. The van der Waals surface area contributed by atoms with Crippen molar-refractivity contribution in [1.82, 2.24) is 4.90 Å². The molecule has 17 heavy (non-hydrogen) atoms. The maximum atomic E-state index is 12.0. The van der Waals surface area contributed by atoms with E-state index in [9.17, 15) is 4.79 Å². The number of rotatable bonds is 4. The van der Waals surface area contributed by atoms with E-state index in [1.165, 1.54) is 0 Å². The number of nitrogens with two attached hydrogens (primary N) is 1. The maximum absolute atomic E-state index is 12.0. The van der Waals surface area contributed by atoms with Crippen molar-refractivity contribution in [2.75, 3.05) is 13.1 Å². The molecule has 4 nitrogen and oxygen atoms in total. The van der Waals surface area contributed by atoms with E-state index in [2.05, 4.69) is 0 Å². The van der Waals surface area contributed by atoms with Crippen molar-refractivity contribution in [3.8, 4) is 0 Å². The third-order valence-corrected chi connectivity index (χ3v) is 3.17. The molecule has 0 aliphatic carbocycles. The van der Waals surface area contributed by atoms with Gasteiger partial charge in [0.15, 0.2) is 5.78 Å². The highest BCUT2D eigenvalue weighted by Crippen LogP contribution is 2.17. The lowest BCUT2D eigenvalue weighted by Gasteiger charge is -2.22. The summed E-state index contributed by atoms with van der Waals surface area (Å²) in [7, 11) is 0. The summed E-state index contributed by atoms with van der Waals surface area (Å²) in [5.74, 6) is 0.266. The molecule has 1 aliphatic rings. The molecule has 1 aromatic carbocycles. The SMILES string of the molecule is N=C(N)[C@@H]1CCCN1CC(=O)c1ccccc1. The standard InChI is InChI=1S/C13H17N3O/c14-13(15)11-7-4-8-16(11)9-12(17)10-5-2-1-3-6-10/h1-3,5-6,11H,4,7-9H2,(H3,14,15)/t11-/m0/s1. The molecule has 0 amide bonds. The smallest absolute Gasteiger partial charge is 0.176 e. The fourth-order valence-electron chi connectivity index (χ4n) is 2.27. The summed E-state index contributed by atoms with van der Waals surface area (Å²) in [5, 5.41) is 7.50. The van der Waals surface area contributed by atoms with Crippen LogP contribution in [0.25, 0.3) is 0 Å². The number of hydrogen-bond donors (Lipinski definition) is 2. The normalized spacial score (nSPS) is 20.4. The van der Waals surface area contributed by atoms with E-state index in [1.807, 2.05) is 35.2 Å². The lowest BCUT2D eigenvalue weighted by atomic mass is 10.1. The van der Waals surface area contributed by atoms with Gasteiger partial charge in [0.25, 0.3) is 0 Å². The highest BCUT2D eigenvalue weighted by molar-refractivity contribution is 5.98. The van der Waals surface area contributed by atoms with Gasteiger partial charge >= 0.3 is 0 Å². The second kappa shape index (κ2) is 5.10. The van der Waals surface area contributed by atoms with Crippen LogP contribution in [-0.4, -0.2) is 35.7 Å². The maximum Gasteiger partial charge on any atom is 0.176 e. The van der Waals surface area contributed by atoms with Crippen LogP contribution in [0.5, 0.6) is 0 Å². The highest BCUT2D eigenvalue weighted by atomic mass is 16.1. The summed E-state index contributed by atoms with van der Waals surface area (Å²) in [6.45, 7) is 1.21. The number of ketones is 1. The van der Waals surface area contributed by atoms with Crippen molar-refractivity contribution < 1.29 is 4.79 Å². The summed E-state index contributed by atoms with van der Waals surface area (Å²) in [6.07, 6.45) is 1.89. The van der Waals surface area contributed by atoms with E-state index in [0.29, 0.717) is 6.54 Å². The van der Waals surface area contributed by atoms with E-state index in [0.717, 1.165) is 24.9 Å². The van der Waals surface area contributed by atoms with Crippen molar-refractivity contribution >= 4 is 11.6 Å². The number of Topliss-reactive ketones (excluding diaryl/α,β-unsaturated/α-hetero) is 1. The molecular weight excluding hydrogens is 214 g/mol. The van der Waals surface area contributed by atoms with Gasteiger partial charge in [0, 0.05) is 5.56 Å². The number of hydrogen-bond acceptors (Lipinski definition) is 3. The lowest BCUT2D eigenvalue weighted by Crippen LogP contribution is -2.42. The first kappa shape index (κ1) is 11.8. The minimum atomic E-state index is -0.0531. The van der Waals surface area contributed by atoms with Crippen molar-refractivity contribution in [3.05, 3.63) is 35.9 Å². The van der Waals surface area contributed by atoms with E-state index in [1.54, 1.807) is 0 Å². The first-order chi connectivity index (χ1) is 8.18. The first-order valence-electron chi connectivity index (χ1n) is 5.84. The van der Waals surface area contributed by atoms with Gasteiger partial charge in [-0.3, -0.25) is 15.1 Å². The molecule has 1 heterocycles. The number of nitrogens with one attached hydrogen (secondary N) is 1. The molecule has 90 valence electrons. The Morgan fingerprint density at radius 3 is 2.76 bits per heavy atom. The Balaban J connectivity index is 2.02. The van der Waals surface area contributed by atoms with Gasteiger partial charge in [0.2, 0.25) is 0 Å². The quantitative estimate of drug-likeness (QED) is 0.466. The summed E-state index contributed by atoms with van der Waals surface area (Å²) in [4.78, 5) is 14.0. The second-order valence-corrected chi connectivity index (χ2v) is 4.37. The molecule has 4 heteroatoms. The molecular formula is C13H17N3O. The van der Waals surface area contributed by atoms with Gasteiger partial charge in [0.05, 0.1) is 12.6 Å². The van der Waals surface area contributed by atoms with Gasteiger partial charge in [-0.05, 0) is 19.4 Å². The Morgan fingerprint density at radius 2 is 2.12 bits per heavy atom. The molecule has 0 unspecified atom stereocenters. The van der Waals surface area contributed by atoms with Gasteiger partial charge in [-0.15, -0.1) is 0 Å². The molecule has 1 atom stereocenters. The molecule has 1 fully saturated rings. The number of amidine groups is 1. The number of carbonyl (C=O) groups is 1. The van der Waals surface area contributed by atoms with Crippen molar-refractivity contribution in [2.24, 2.45) is 5.73 Å². The third-order valence-electron chi connectivity index (χ3n) is 3.17. The molecule has 0 saturated carbocycles. The van der Waals surface area contributed by atoms with Crippen molar-refractivity contribution in [2.45, 2.75) is 18.9 Å². The monoisotopic (exact) mass is 231 g/mol. The Hall–Kier alpha value is -1.68. The van der Waals surface area contributed by atoms with Gasteiger partial charge in [0.1, 0.15) is 5.84 Å². The van der Waals surface area contributed by atoms with Crippen LogP contribution >= 0.6 is 0 Å². The Labute approximate surface area is 101 Å². The zero-order chi connectivity index (χ0) is 12.3. The topological polar surface area (TPSA) is 70.2 Å². The van der Waals surface area contributed by atoms with Gasteiger partial charge in [-0.25, -0.2) is 0 Å². The number of nitrogens with zero attached hydrogens (tertiary/aromatic N) is 1. The predicted molar refractivity (Wildman–Crippen MR) is 67.3 cm³/mol. The van der Waals surface area contributed by atoms with Crippen LogP contribution in [0.2, 0.25) is 0 Å².